The summed E-state index contributed by atoms with van der Waals surface area (Å²) >= 11 is 1.86. The van der Waals surface area contributed by atoms with Gasteiger partial charge in [-0.3, -0.25) is 0 Å². The minimum Gasteiger partial charge on any atom is -0.456 e. The zero-order valence-corrected chi connectivity index (χ0v) is 32.4. The molecular weight excluding hydrogens is 725 g/mol. The van der Waals surface area contributed by atoms with E-state index >= 15 is 0 Å². The van der Waals surface area contributed by atoms with Crippen LogP contribution in [0, 0.1) is 6.92 Å². The Hall–Kier alpha value is -6.05. The third kappa shape index (κ3) is 5.18. The lowest BCUT2D eigenvalue weighted by Crippen LogP contribution is -2.55. The molecule has 1 aliphatic rings. The van der Waals surface area contributed by atoms with Crippen LogP contribution in [-0.4, -0.2) is 54.2 Å². The lowest BCUT2D eigenvalue weighted by Gasteiger charge is -2.21. The fourth-order valence-electron chi connectivity index (χ4n) is 8.65. The highest BCUT2D eigenvalue weighted by atomic mass is 32.1. The largest absolute Gasteiger partial charge is 0.456 e. The second kappa shape index (κ2) is 13.0. The maximum atomic E-state index is 6.58. The number of rotatable bonds is 4. The molecule has 0 saturated carbocycles. The molecule has 6 aromatic carbocycles. The van der Waals surface area contributed by atoms with Crippen molar-refractivity contribution in [3.63, 3.8) is 0 Å². The Labute approximate surface area is 344 Å². The van der Waals surface area contributed by atoms with Gasteiger partial charge in [-0.15, -0.1) is 27.7 Å². The summed E-state index contributed by atoms with van der Waals surface area (Å²) in [6.07, 6.45) is 5.61. The molecule has 0 fully saturated rings. The number of benzene rings is 6. The van der Waals surface area contributed by atoms with Crippen molar-refractivity contribution in [2.75, 3.05) is 0 Å². The molecule has 1 atom stereocenters. The Kier molecular flexibility index (Phi) is 7.87. The molecule has 10 aromatic rings. The fraction of sp³-hybridized carbons (Fsp3) is 0.0851. The predicted octanol–water partition coefficient (Wildman–Crippen LogP) is 7.35. The van der Waals surface area contributed by atoms with Gasteiger partial charge in [0.2, 0.25) is 0 Å². The summed E-state index contributed by atoms with van der Waals surface area (Å²) in [5.74, 6) is 2.37. The summed E-state index contributed by atoms with van der Waals surface area (Å²) in [7, 11) is 31.7. The van der Waals surface area contributed by atoms with Crippen molar-refractivity contribution in [2.45, 2.75) is 26.2 Å². The van der Waals surface area contributed by atoms with Gasteiger partial charge in [-0.05, 0) is 71.8 Å². The topological polar surface area (TPSA) is 65.0 Å². The smallest absolute Gasteiger partial charge is 0.164 e. The molecule has 1 aliphatic carbocycles. The first-order valence-electron chi connectivity index (χ1n) is 19.0. The Morgan fingerprint density at radius 1 is 0.603 bits per heavy atom. The van der Waals surface area contributed by atoms with Gasteiger partial charge in [0.15, 0.2) is 11.6 Å². The highest BCUT2D eigenvalue weighted by Gasteiger charge is 2.23. The molecule has 262 valence electrons. The molecule has 0 saturated heterocycles. The summed E-state index contributed by atoms with van der Waals surface area (Å²) in [4.78, 5) is 16.2. The average molecular weight is 751 g/mol. The number of hydrogen-bond donors (Lipinski definition) is 0. The van der Waals surface area contributed by atoms with E-state index in [0.29, 0.717) is 45.7 Å². The van der Waals surface area contributed by atoms with Gasteiger partial charge in [0.1, 0.15) is 67.4 Å². The van der Waals surface area contributed by atoms with Crippen LogP contribution in [-0.2, 0) is 0 Å². The molecule has 4 heterocycles. The van der Waals surface area contributed by atoms with Crippen molar-refractivity contribution in [1.29, 1.82) is 0 Å². The number of fused-ring (bicyclic) bond motifs is 9. The maximum absolute atomic E-state index is 6.58. The molecule has 1 unspecified atom stereocenters. The molecular formula is C47H26B5N3O2S. The van der Waals surface area contributed by atoms with Gasteiger partial charge >= 0.3 is 0 Å². The number of nitrogens with zero attached hydrogens (tertiary/aromatic N) is 3. The Balaban J connectivity index is 1.06. The standard InChI is InChI=1S/C47H26B5N3O2S/c1-21-7-3-9-27-26-17-15-24(20-35(26)58-45(21)27)46-53-22(2)54-47(55-46)30-12-6-13-33-37(30)31-19-23(16-18-32(31)56-33)25-8-5-14-34-36(25)28-10-4-11-29(44(28)57-34)38-39(48)41(50)43(52)42(51)40(38)49/h3-6,8-21H,7H2,1-2H3. The van der Waals surface area contributed by atoms with Gasteiger partial charge in [-0.1, -0.05) is 90.7 Å². The van der Waals surface area contributed by atoms with Gasteiger partial charge in [-0.25, -0.2) is 15.0 Å². The van der Waals surface area contributed by atoms with Gasteiger partial charge in [0.05, 0.1) is 0 Å². The Morgan fingerprint density at radius 3 is 2.09 bits per heavy atom. The molecule has 4 aromatic heterocycles. The van der Waals surface area contributed by atoms with Crippen molar-refractivity contribution in [1.82, 2.24) is 15.0 Å². The summed E-state index contributed by atoms with van der Waals surface area (Å²) in [6, 6.07) is 30.7. The molecule has 0 aliphatic heterocycles. The predicted molar refractivity (Wildman–Crippen MR) is 245 cm³/mol. The van der Waals surface area contributed by atoms with E-state index in [1.807, 2.05) is 72.9 Å². The SMILES string of the molecule is [B]c1c([B])c([B])c(-c2cccc3c2oc2cccc(-c4ccc5oc6cccc(-c7nc(C)nc(-c8ccc9c%10c(sc9c8)C(C)CC=C%10)n7)c6c5c4)c23)c([B])c1[B]. The molecule has 5 nitrogen and oxygen atoms in total. The molecule has 0 N–H and O–H groups in total. The molecule has 11 heteroatoms. The van der Waals surface area contributed by atoms with Crippen molar-refractivity contribution in [3.8, 4) is 45.0 Å². The van der Waals surface area contributed by atoms with E-state index in [0.717, 1.165) is 61.4 Å². The van der Waals surface area contributed by atoms with Gasteiger partial charge in [0.25, 0.3) is 0 Å². The minimum absolute atomic E-state index is 0.163. The molecule has 10 radical (unpaired) electrons. The Bertz CT molecular complexity index is 3410. The second-order valence-corrected chi connectivity index (χ2v) is 16.1. The maximum Gasteiger partial charge on any atom is 0.164 e. The molecule has 0 bridgehead atoms. The van der Waals surface area contributed by atoms with Crippen LogP contribution >= 0.6 is 11.3 Å². The molecule has 58 heavy (non-hydrogen) atoms. The van der Waals surface area contributed by atoms with Crippen molar-refractivity contribution < 1.29 is 8.83 Å². The first-order chi connectivity index (χ1) is 28.1. The van der Waals surface area contributed by atoms with E-state index in [1.54, 1.807) is 0 Å². The highest BCUT2D eigenvalue weighted by Crippen LogP contribution is 2.44. The first kappa shape index (κ1) is 35.1. The average Bonchev–Trinajstić information content (AvgIpc) is 3.94. The molecule has 0 amide bonds. The number of para-hydroxylation sites is 1. The van der Waals surface area contributed by atoms with Crippen LogP contribution in [0.2, 0.25) is 0 Å². The van der Waals surface area contributed by atoms with Crippen LogP contribution in [0.25, 0.3) is 105 Å². The van der Waals surface area contributed by atoms with Crippen LogP contribution < -0.4 is 27.3 Å². The van der Waals surface area contributed by atoms with Gasteiger partial charge < -0.3 is 8.83 Å². The number of thiophene rings is 1. The van der Waals surface area contributed by atoms with Crippen molar-refractivity contribution in [3.05, 3.63) is 113 Å². The van der Waals surface area contributed by atoms with E-state index in [4.69, 9.17) is 63.0 Å². The zero-order valence-electron chi connectivity index (χ0n) is 31.6. The lowest BCUT2D eigenvalue weighted by molar-refractivity contribution is 0.669. The third-order valence-corrected chi connectivity index (χ3v) is 12.9. The van der Waals surface area contributed by atoms with Crippen LogP contribution in [0.15, 0.2) is 106 Å². The third-order valence-electron chi connectivity index (χ3n) is 11.5. The highest BCUT2D eigenvalue weighted by molar-refractivity contribution is 7.19. The summed E-state index contributed by atoms with van der Waals surface area (Å²) in [5.41, 5.74) is 10.1. The number of hydrogen-bond acceptors (Lipinski definition) is 6. The number of aromatic nitrogens is 3. The van der Waals surface area contributed by atoms with E-state index in [2.05, 4.69) is 55.5 Å². The van der Waals surface area contributed by atoms with Crippen molar-refractivity contribution in [2.24, 2.45) is 0 Å². The number of furan rings is 2. The fourth-order valence-corrected chi connectivity index (χ4v) is 9.94. The summed E-state index contributed by atoms with van der Waals surface area (Å²) < 4.78 is 14.3. The minimum atomic E-state index is 0.163. The summed E-state index contributed by atoms with van der Waals surface area (Å²) in [5, 5.41) is 4.96. The summed E-state index contributed by atoms with van der Waals surface area (Å²) in [6.45, 7) is 4.21. The molecule has 11 rings (SSSR count). The van der Waals surface area contributed by atoms with E-state index in [-0.39, 0.29) is 27.3 Å². The lowest BCUT2D eigenvalue weighted by atomic mass is 9.59. The molecule has 0 spiro atoms. The van der Waals surface area contributed by atoms with E-state index in [9.17, 15) is 0 Å². The normalized spacial score (nSPS) is 14.1. The number of aryl methyl sites for hydroxylation is 1. The van der Waals surface area contributed by atoms with Crippen LogP contribution in [0.5, 0.6) is 0 Å². The number of allylic oxidation sites excluding steroid dienone is 1. The quantitative estimate of drug-likeness (QED) is 0.176. The first-order valence-corrected chi connectivity index (χ1v) is 19.8. The van der Waals surface area contributed by atoms with E-state index < -0.39 is 0 Å². The van der Waals surface area contributed by atoms with Crippen LogP contribution in [0.4, 0.5) is 0 Å². The van der Waals surface area contributed by atoms with Gasteiger partial charge in [0, 0.05) is 53.2 Å². The van der Waals surface area contributed by atoms with Gasteiger partial charge in [-0.2, -0.15) is 0 Å². The zero-order chi connectivity index (χ0) is 39.6. The van der Waals surface area contributed by atoms with E-state index in [1.165, 1.54) is 20.5 Å². The second-order valence-electron chi connectivity index (χ2n) is 15.1. The van der Waals surface area contributed by atoms with Crippen LogP contribution in [0.3, 0.4) is 0 Å². The van der Waals surface area contributed by atoms with Crippen molar-refractivity contribution >= 4 is 138 Å². The van der Waals surface area contributed by atoms with Crippen LogP contribution in [0.1, 0.15) is 35.5 Å². The Morgan fingerprint density at radius 2 is 1.28 bits per heavy atom. The monoisotopic (exact) mass is 751 g/mol.